The van der Waals surface area contributed by atoms with Crippen molar-refractivity contribution in [1.29, 1.82) is 0 Å². The molecular formula is C12H12BrN3O2S2. The van der Waals surface area contributed by atoms with Crippen molar-refractivity contribution in [2.24, 2.45) is 4.99 Å². The van der Waals surface area contributed by atoms with E-state index in [0.717, 1.165) is 21.1 Å². The number of aliphatic imine (C=N–C) groups is 1. The summed E-state index contributed by atoms with van der Waals surface area (Å²) in [7, 11) is 0. The molecule has 2 amide bonds. The molecule has 0 spiro atoms. The Balaban J connectivity index is 1.72. The fraction of sp³-hybridized carbons (Fsp3) is 0.250. The summed E-state index contributed by atoms with van der Waals surface area (Å²) in [6.45, 7) is 0.814. The molecule has 0 atom stereocenters. The van der Waals surface area contributed by atoms with E-state index in [1.165, 1.54) is 11.8 Å². The van der Waals surface area contributed by atoms with E-state index in [0.29, 0.717) is 5.56 Å². The van der Waals surface area contributed by atoms with Gasteiger partial charge in [-0.3, -0.25) is 25.4 Å². The Morgan fingerprint density at radius 2 is 2.05 bits per heavy atom. The lowest BCUT2D eigenvalue weighted by atomic mass is 10.2. The number of nitrogens with one attached hydrogen (secondary N) is 2. The summed E-state index contributed by atoms with van der Waals surface area (Å²) in [5.74, 6) is 0.621. The molecule has 106 valence electrons. The predicted molar refractivity (Wildman–Crippen MR) is 87.0 cm³/mol. The van der Waals surface area contributed by atoms with Crippen LogP contribution in [0.5, 0.6) is 0 Å². The lowest BCUT2D eigenvalue weighted by Gasteiger charge is -2.07. The van der Waals surface area contributed by atoms with Crippen molar-refractivity contribution in [3.63, 3.8) is 0 Å². The first-order valence-electron chi connectivity index (χ1n) is 5.80. The minimum absolute atomic E-state index is 0.243. The van der Waals surface area contributed by atoms with Crippen LogP contribution in [0.4, 0.5) is 0 Å². The number of rotatable bonds is 3. The molecule has 2 N–H and O–H groups in total. The van der Waals surface area contributed by atoms with E-state index in [2.05, 4.69) is 31.8 Å². The second kappa shape index (κ2) is 7.70. The Labute approximate surface area is 133 Å². The summed E-state index contributed by atoms with van der Waals surface area (Å²) >= 11 is 6.33. The maximum Gasteiger partial charge on any atom is 0.269 e. The third kappa shape index (κ3) is 4.84. The van der Waals surface area contributed by atoms with Gasteiger partial charge in [0.1, 0.15) is 4.38 Å². The predicted octanol–water partition coefficient (Wildman–Crippen LogP) is 2.05. The minimum atomic E-state index is -0.344. The smallest absolute Gasteiger partial charge is 0.269 e. The Morgan fingerprint density at radius 1 is 1.30 bits per heavy atom. The van der Waals surface area contributed by atoms with Crippen molar-refractivity contribution in [2.75, 3.05) is 18.1 Å². The molecule has 1 heterocycles. The van der Waals surface area contributed by atoms with Gasteiger partial charge in [-0.05, 0) is 24.3 Å². The van der Waals surface area contributed by atoms with Crippen LogP contribution >= 0.6 is 39.5 Å². The Hall–Kier alpha value is -0.990. The highest BCUT2D eigenvalue weighted by Gasteiger charge is 2.11. The van der Waals surface area contributed by atoms with Crippen LogP contribution in [0.1, 0.15) is 10.4 Å². The molecular weight excluding hydrogens is 362 g/mol. The van der Waals surface area contributed by atoms with Crippen molar-refractivity contribution in [2.45, 2.75) is 0 Å². The Morgan fingerprint density at radius 3 is 2.70 bits per heavy atom. The molecule has 0 saturated carbocycles. The van der Waals surface area contributed by atoms with Gasteiger partial charge in [-0.15, -0.1) is 0 Å². The van der Waals surface area contributed by atoms with Crippen molar-refractivity contribution in [3.8, 4) is 0 Å². The van der Waals surface area contributed by atoms with Crippen LogP contribution in [0.25, 0.3) is 0 Å². The number of carbonyl (C=O) groups excluding carboxylic acids is 2. The summed E-state index contributed by atoms with van der Waals surface area (Å²) in [5, 5.41) is 0. The summed E-state index contributed by atoms with van der Waals surface area (Å²) < 4.78 is 1.82. The zero-order chi connectivity index (χ0) is 14.4. The van der Waals surface area contributed by atoms with Crippen LogP contribution in [-0.4, -0.2) is 34.2 Å². The third-order valence-corrected chi connectivity index (χ3v) is 5.09. The molecule has 0 radical (unpaired) electrons. The number of hydrogen-bond donors (Lipinski definition) is 2. The lowest BCUT2D eigenvalue weighted by Crippen LogP contribution is -2.42. The van der Waals surface area contributed by atoms with E-state index >= 15 is 0 Å². The van der Waals surface area contributed by atoms with Gasteiger partial charge in [0.05, 0.1) is 12.3 Å². The van der Waals surface area contributed by atoms with Crippen molar-refractivity contribution < 1.29 is 9.59 Å². The van der Waals surface area contributed by atoms with E-state index in [1.807, 2.05) is 0 Å². The number of halogens is 1. The van der Waals surface area contributed by atoms with Crippen LogP contribution in [0, 0.1) is 0 Å². The number of hydrazine groups is 1. The molecule has 1 aliphatic rings. The van der Waals surface area contributed by atoms with E-state index in [4.69, 9.17) is 0 Å². The maximum absolute atomic E-state index is 11.7. The molecule has 0 unspecified atom stereocenters. The first kappa shape index (κ1) is 15.4. The van der Waals surface area contributed by atoms with Gasteiger partial charge < -0.3 is 0 Å². The fourth-order valence-electron chi connectivity index (χ4n) is 1.37. The number of carbonyl (C=O) groups is 2. The van der Waals surface area contributed by atoms with Gasteiger partial charge in [-0.2, -0.15) is 0 Å². The van der Waals surface area contributed by atoms with E-state index in [1.54, 1.807) is 36.0 Å². The molecule has 2 rings (SSSR count). The average Bonchev–Trinajstić information content (AvgIpc) is 2.96. The van der Waals surface area contributed by atoms with Gasteiger partial charge in [0.2, 0.25) is 5.91 Å². The summed E-state index contributed by atoms with van der Waals surface area (Å²) in [5.41, 5.74) is 5.25. The molecule has 1 aromatic rings. The topological polar surface area (TPSA) is 70.6 Å². The Bertz CT molecular complexity index is 534. The zero-order valence-corrected chi connectivity index (χ0v) is 13.6. The quantitative estimate of drug-likeness (QED) is 0.795. The van der Waals surface area contributed by atoms with E-state index < -0.39 is 0 Å². The highest BCUT2D eigenvalue weighted by Crippen LogP contribution is 2.21. The van der Waals surface area contributed by atoms with Gasteiger partial charge in [0.25, 0.3) is 5.91 Å². The van der Waals surface area contributed by atoms with Crippen LogP contribution in [-0.2, 0) is 4.79 Å². The van der Waals surface area contributed by atoms with Crippen LogP contribution < -0.4 is 10.9 Å². The molecule has 5 nitrogen and oxygen atoms in total. The molecule has 0 aliphatic carbocycles. The number of nitrogens with zero attached hydrogens (tertiary/aromatic N) is 1. The molecule has 1 aliphatic heterocycles. The number of amides is 2. The van der Waals surface area contributed by atoms with Gasteiger partial charge in [0, 0.05) is 15.8 Å². The third-order valence-electron chi connectivity index (χ3n) is 2.31. The SMILES string of the molecule is O=C(CSC1=NCCS1)NNC(=O)c1ccc(Br)cc1. The van der Waals surface area contributed by atoms with Crippen molar-refractivity contribution in [1.82, 2.24) is 10.9 Å². The minimum Gasteiger partial charge on any atom is -0.272 e. The normalized spacial score (nSPS) is 13.8. The van der Waals surface area contributed by atoms with E-state index in [9.17, 15) is 9.59 Å². The number of benzene rings is 1. The van der Waals surface area contributed by atoms with Crippen LogP contribution in [0.3, 0.4) is 0 Å². The Kier molecular flexibility index (Phi) is 5.93. The molecule has 0 bridgehead atoms. The molecule has 1 aromatic carbocycles. The fourth-order valence-corrected chi connectivity index (χ4v) is 3.44. The highest BCUT2D eigenvalue weighted by atomic mass is 79.9. The van der Waals surface area contributed by atoms with Crippen molar-refractivity contribution in [3.05, 3.63) is 34.3 Å². The standard InChI is InChI=1S/C12H12BrN3O2S2/c13-9-3-1-8(2-4-9)11(18)16-15-10(17)7-20-12-14-5-6-19-12/h1-4H,5-7H2,(H,15,17)(H,16,18). The largest absolute Gasteiger partial charge is 0.272 e. The highest BCUT2D eigenvalue weighted by molar-refractivity contribution is 9.10. The number of thioether (sulfide) groups is 2. The van der Waals surface area contributed by atoms with Crippen LogP contribution in [0.15, 0.2) is 33.7 Å². The van der Waals surface area contributed by atoms with Gasteiger partial charge in [0.15, 0.2) is 0 Å². The number of hydrogen-bond acceptors (Lipinski definition) is 5. The van der Waals surface area contributed by atoms with Gasteiger partial charge in [-0.25, -0.2) is 0 Å². The van der Waals surface area contributed by atoms with Gasteiger partial charge >= 0.3 is 0 Å². The molecule has 0 saturated heterocycles. The monoisotopic (exact) mass is 373 g/mol. The summed E-state index contributed by atoms with van der Waals surface area (Å²) in [6.07, 6.45) is 0. The second-order valence-electron chi connectivity index (χ2n) is 3.79. The van der Waals surface area contributed by atoms with Gasteiger partial charge in [-0.1, -0.05) is 39.5 Å². The maximum atomic E-state index is 11.7. The van der Waals surface area contributed by atoms with Crippen molar-refractivity contribution >= 4 is 55.6 Å². The van der Waals surface area contributed by atoms with E-state index in [-0.39, 0.29) is 17.6 Å². The van der Waals surface area contributed by atoms with Crippen LogP contribution in [0.2, 0.25) is 0 Å². The summed E-state index contributed by atoms with van der Waals surface area (Å²) in [6, 6.07) is 6.87. The molecule has 20 heavy (non-hydrogen) atoms. The molecule has 0 fully saturated rings. The second-order valence-corrected chi connectivity index (χ2v) is 7.02. The first-order valence-corrected chi connectivity index (χ1v) is 8.56. The summed E-state index contributed by atoms with van der Waals surface area (Å²) in [4.78, 5) is 27.5. The average molecular weight is 374 g/mol. The molecule has 8 heteroatoms. The first-order chi connectivity index (χ1) is 9.65. The lowest BCUT2D eigenvalue weighted by molar-refractivity contribution is -0.119. The zero-order valence-electron chi connectivity index (χ0n) is 10.4. The molecule has 0 aromatic heterocycles.